The summed E-state index contributed by atoms with van der Waals surface area (Å²) in [4.78, 5) is 62.5. The van der Waals surface area contributed by atoms with Crippen molar-refractivity contribution >= 4 is 63.9 Å². The van der Waals surface area contributed by atoms with Gasteiger partial charge in [0.15, 0.2) is 44.5 Å². The number of phenols is 1. The minimum Gasteiger partial charge on any atom is -0.502 e. The highest BCUT2D eigenvalue weighted by molar-refractivity contribution is 6.58. The van der Waals surface area contributed by atoms with Crippen LogP contribution in [0.15, 0.2) is 48.0 Å². The van der Waals surface area contributed by atoms with Crippen LogP contribution in [0.1, 0.15) is 24.3 Å². The molecule has 1 saturated carbocycles. The lowest BCUT2D eigenvalue weighted by Crippen LogP contribution is -2.60. The summed E-state index contributed by atoms with van der Waals surface area (Å²) in [5.74, 6) is -24.1. The Balaban J connectivity index is 1.45. The number of hydrogen-bond donors (Lipinski definition) is 1. The molecule has 2 saturated heterocycles. The van der Waals surface area contributed by atoms with Gasteiger partial charge in [-0.2, -0.15) is 0 Å². The Morgan fingerprint density at radius 2 is 1.43 bits per heavy atom. The first-order valence-electron chi connectivity index (χ1n) is 15.5. The van der Waals surface area contributed by atoms with Crippen LogP contribution in [-0.2, 0) is 19.2 Å². The van der Waals surface area contributed by atoms with Crippen molar-refractivity contribution in [1.82, 2.24) is 0 Å². The number of allylic oxidation sites excluding steroid dienone is 2. The van der Waals surface area contributed by atoms with Crippen molar-refractivity contribution in [2.24, 2.45) is 17.8 Å². The van der Waals surface area contributed by atoms with Crippen molar-refractivity contribution in [1.29, 1.82) is 0 Å². The molecular formula is C34H22Cl2F5N3O9. The topological polar surface area (TPSA) is 157 Å². The van der Waals surface area contributed by atoms with Gasteiger partial charge >= 0.3 is 0 Å². The van der Waals surface area contributed by atoms with E-state index in [9.17, 15) is 47.6 Å². The number of benzene rings is 3. The molecule has 1 N–H and O–H groups in total. The third kappa shape index (κ3) is 4.65. The quantitative estimate of drug-likeness (QED) is 0.0479. The van der Waals surface area contributed by atoms with Gasteiger partial charge in [0.05, 0.1) is 36.7 Å². The van der Waals surface area contributed by atoms with Crippen LogP contribution >= 0.6 is 23.2 Å². The van der Waals surface area contributed by atoms with Gasteiger partial charge in [0.25, 0.3) is 17.5 Å². The first kappa shape index (κ1) is 36.1. The molecular weight excluding hydrogens is 760 g/mol. The number of phenolic OH excluding ortho intramolecular Hbond substituents is 1. The van der Waals surface area contributed by atoms with E-state index in [1.54, 1.807) is 0 Å². The van der Waals surface area contributed by atoms with Gasteiger partial charge in [0.1, 0.15) is 5.69 Å². The summed E-state index contributed by atoms with van der Waals surface area (Å²) in [5.41, 5.74) is -2.46. The van der Waals surface area contributed by atoms with Crippen molar-refractivity contribution in [3.05, 3.63) is 92.8 Å². The summed E-state index contributed by atoms with van der Waals surface area (Å²) >= 11 is 14.3. The first-order valence-corrected chi connectivity index (χ1v) is 16.3. The maximum absolute atomic E-state index is 15.3. The predicted molar refractivity (Wildman–Crippen MR) is 173 cm³/mol. The Bertz CT molecular complexity index is 2200. The fourth-order valence-corrected chi connectivity index (χ4v) is 8.96. The van der Waals surface area contributed by atoms with Gasteiger partial charge in [0, 0.05) is 18.1 Å². The first-order chi connectivity index (χ1) is 25.0. The van der Waals surface area contributed by atoms with E-state index >= 15 is 8.78 Å². The molecule has 19 heteroatoms. The van der Waals surface area contributed by atoms with Crippen LogP contribution in [0.25, 0.3) is 0 Å². The number of hydrogen-bond acceptors (Lipinski definition) is 9. The normalized spacial score (nSPS) is 27.8. The van der Waals surface area contributed by atoms with E-state index in [4.69, 9.17) is 32.7 Å². The molecule has 3 aromatic carbocycles. The second kappa shape index (κ2) is 12.1. The molecule has 0 unspecified atom stereocenters. The molecule has 4 amide bonds. The monoisotopic (exact) mass is 781 g/mol. The minimum atomic E-state index is -2.83. The zero-order valence-electron chi connectivity index (χ0n) is 27.0. The van der Waals surface area contributed by atoms with E-state index in [0.29, 0.717) is 0 Å². The SMILES string of the molecule is COc1cc([C@H]2C3=CC[C@@H]4C(=O)N(c5cccc([N+](=O)[O-])c5)C(=O)[C@@H]4[C@@H]3C[C@@]3(Cl)C(=O)N(c4c(F)c(F)c(F)c(F)c4F)C(=O)[C@@]23Cl)cc(OC)c1O. The number of aromatic hydroxyl groups is 1. The van der Waals surface area contributed by atoms with Crippen molar-refractivity contribution in [3.8, 4) is 17.2 Å². The lowest BCUT2D eigenvalue weighted by Gasteiger charge is -2.50. The Labute approximate surface area is 304 Å². The predicted octanol–water partition coefficient (Wildman–Crippen LogP) is 5.78. The molecule has 0 radical (unpaired) electrons. The standard InChI is InChI=1S/C34H22Cl2F5N3O9/c1-52-18-8-12(9-19(53-2)28(18)45)21-15-6-7-16-20(30(47)42(29(16)46)13-4-3-5-14(10-13)44(50)51)17(15)11-33(35)31(48)43(32(49)34(21,33)36)27-25(40)23(38)22(37)24(39)26(27)41/h3-6,8-10,16-17,20-21,45H,7,11H2,1-2H3/t16-,17+,20-,21-,33+,34-/m0/s1. The molecule has 3 aromatic rings. The number of imide groups is 2. The zero-order chi connectivity index (χ0) is 38.6. The van der Waals surface area contributed by atoms with E-state index in [-0.39, 0.29) is 39.6 Å². The number of nitro groups is 1. The summed E-state index contributed by atoms with van der Waals surface area (Å²) in [6.45, 7) is 0. The summed E-state index contributed by atoms with van der Waals surface area (Å²) in [5, 5.41) is 22.2. The number of rotatable bonds is 6. The van der Waals surface area contributed by atoms with Crippen LogP contribution < -0.4 is 19.3 Å². The van der Waals surface area contributed by atoms with Crippen molar-refractivity contribution in [2.75, 3.05) is 24.0 Å². The summed E-state index contributed by atoms with van der Waals surface area (Å²) < 4.78 is 84.1. The van der Waals surface area contributed by atoms with E-state index in [0.717, 1.165) is 31.3 Å². The van der Waals surface area contributed by atoms with Crippen LogP contribution in [0.2, 0.25) is 0 Å². The molecule has 2 heterocycles. The van der Waals surface area contributed by atoms with E-state index < -0.39 is 115 Å². The molecule has 0 bridgehead atoms. The number of carbonyl (C=O) groups excluding carboxylic acids is 4. The number of carbonyl (C=O) groups is 4. The maximum atomic E-state index is 15.3. The number of halogens is 7. The molecule has 53 heavy (non-hydrogen) atoms. The Hall–Kier alpha value is -5.29. The van der Waals surface area contributed by atoms with Crippen LogP contribution in [0.5, 0.6) is 17.2 Å². The number of anilines is 2. The number of nitro benzene ring substituents is 1. The number of amides is 4. The Morgan fingerprint density at radius 1 is 0.849 bits per heavy atom. The molecule has 6 atom stereocenters. The number of methoxy groups -OCH3 is 2. The van der Waals surface area contributed by atoms with Crippen molar-refractivity contribution in [3.63, 3.8) is 0 Å². The molecule has 2 aliphatic heterocycles. The number of non-ortho nitro benzene ring substituents is 1. The lowest BCUT2D eigenvalue weighted by molar-refractivity contribution is -0.384. The van der Waals surface area contributed by atoms with Crippen molar-refractivity contribution in [2.45, 2.75) is 28.5 Å². The van der Waals surface area contributed by atoms with Gasteiger partial charge in [-0.25, -0.2) is 31.8 Å². The second-order valence-electron chi connectivity index (χ2n) is 12.8. The highest BCUT2D eigenvalue weighted by Gasteiger charge is 2.77. The smallest absolute Gasteiger partial charge is 0.271 e. The summed E-state index contributed by atoms with van der Waals surface area (Å²) in [7, 11) is 2.32. The highest BCUT2D eigenvalue weighted by atomic mass is 35.5. The van der Waals surface area contributed by atoms with Gasteiger partial charge in [-0.05, 0) is 42.5 Å². The van der Waals surface area contributed by atoms with E-state index in [1.807, 2.05) is 0 Å². The number of ether oxygens (including phenoxy) is 2. The lowest BCUT2D eigenvalue weighted by atomic mass is 9.56. The number of alkyl halides is 2. The zero-order valence-corrected chi connectivity index (χ0v) is 28.5. The van der Waals surface area contributed by atoms with Crippen LogP contribution in [-0.4, -0.2) is 57.6 Å². The third-order valence-electron chi connectivity index (χ3n) is 10.4. The molecule has 4 aliphatic rings. The van der Waals surface area contributed by atoms with Crippen LogP contribution in [0.4, 0.5) is 39.0 Å². The highest BCUT2D eigenvalue weighted by Crippen LogP contribution is 2.66. The fourth-order valence-electron chi connectivity index (χ4n) is 8.02. The Morgan fingerprint density at radius 3 is 2.00 bits per heavy atom. The average Bonchev–Trinajstić information content (AvgIpc) is 3.48. The van der Waals surface area contributed by atoms with E-state index in [2.05, 4.69) is 0 Å². The van der Waals surface area contributed by atoms with Gasteiger partial charge < -0.3 is 14.6 Å². The minimum absolute atomic E-state index is 0.0707. The number of fused-ring (bicyclic) bond motifs is 4. The van der Waals surface area contributed by atoms with Crippen molar-refractivity contribution < 1.29 is 60.6 Å². The van der Waals surface area contributed by atoms with Gasteiger partial charge in [-0.3, -0.25) is 29.3 Å². The Kier molecular flexibility index (Phi) is 8.26. The van der Waals surface area contributed by atoms with Gasteiger partial charge in [0.2, 0.25) is 23.4 Å². The molecule has 2 aliphatic carbocycles. The second-order valence-corrected chi connectivity index (χ2v) is 14.0. The molecule has 0 aromatic heterocycles. The summed E-state index contributed by atoms with van der Waals surface area (Å²) in [6, 6.07) is 7.05. The molecule has 3 fully saturated rings. The molecule has 276 valence electrons. The van der Waals surface area contributed by atoms with Crippen LogP contribution in [0.3, 0.4) is 0 Å². The van der Waals surface area contributed by atoms with Gasteiger partial charge in [-0.1, -0.05) is 17.7 Å². The largest absolute Gasteiger partial charge is 0.502 e. The van der Waals surface area contributed by atoms with E-state index in [1.165, 1.54) is 30.3 Å². The van der Waals surface area contributed by atoms with Gasteiger partial charge in [-0.15, -0.1) is 23.2 Å². The molecule has 12 nitrogen and oxygen atoms in total. The average molecular weight is 782 g/mol. The fraction of sp³-hybridized carbons (Fsp3) is 0.294. The third-order valence-corrected chi connectivity index (χ3v) is 11.8. The van der Waals surface area contributed by atoms with Crippen LogP contribution in [0, 0.1) is 57.0 Å². The number of nitrogens with zero attached hydrogens (tertiary/aromatic N) is 3. The maximum Gasteiger partial charge on any atom is 0.271 e. The molecule has 0 spiro atoms. The summed E-state index contributed by atoms with van der Waals surface area (Å²) in [6.07, 6.45) is 0.511. The molecule has 7 rings (SSSR count).